The van der Waals surface area contributed by atoms with Crippen LogP contribution < -0.4 is 5.32 Å². The maximum atomic E-state index is 9.72. The van der Waals surface area contributed by atoms with Crippen LogP contribution in [0.3, 0.4) is 0 Å². The van der Waals surface area contributed by atoms with Crippen LogP contribution in [0.2, 0.25) is 0 Å². The molecule has 0 bridgehead atoms. The smallest absolute Gasteiger partial charge is 0.0897 e. The normalized spacial score (nSPS) is 32.2. The molecule has 4 atom stereocenters. The van der Waals surface area contributed by atoms with Crippen molar-refractivity contribution in [3.63, 3.8) is 0 Å². The fraction of sp³-hybridized carbons (Fsp3) is 1.00. The van der Waals surface area contributed by atoms with Crippen molar-refractivity contribution in [2.45, 2.75) is 58.8 Å². The quantitative estimate of drug-likeness (QED) is 0.729. The highest BCUT2D eigenvalue weighted by Gasteiger charge is 2.29. The number of rotatable bonds is 6. The molecule has 1 rings (SSSR count). The molecule has 16 heavy (non-hydrogen) atoms. The number of aliphatic hydroxyl groups excluding tert-OH is 1. The molecular formula is C13H27NO2. The zero-order chi connectivity index (χ0) is 12.1. The molecule has 1 aliphatic carbocycles. The van der Waals surface area contributed by atoms with Crippen molar-refractivity contribution in [3.05, 3.63) is 0 Å². The summed E-state index contributed by atoms with van der Waals surface area (Å²) in [5, 5.41) is 13.2. The second kappa shape index (κ2) is 6.58. The minimum absolute atomic E-state index is 0.195. The van der Waals surface area contributed by atoms with Crippen LogP contribution in [0, 0.1) is 11.8 Å². The standard InChI is InChI=1S/C13H27NO2/c1-9(2)16-8-12(15)7-14-13-6-5-10(3)11(13)4/h9-15H,5-8H2,1-4H3. The van der Waals surface area contributed by atoms with E-state index in [1.807, 2.05) is 13.8 Å². The molecule has 3 nitrogen and oxygen atoms in total. The summed E-state index contributed by atoms with van der Waals surface area (Å²) in [5.74, 6) is 1.53. The molecule has 0 amide bonds. The summed E-state index contributed by atoms with van der Waals surface area (Å²) in [6, 6.07) is 0.573. The summed E-state index contributed by atoms with van der Waals surface area (Å²) in [6.07, 6.45) is 2.35. The maximum absolute atomic E-state index is 9.72. The topological polar surface area (TPSA) is 41.5 Å². The molecule has 0 aliphatic heterocycles. The fourth-order valence-corrected chi connectivity index (χ4v) is 2.30. The maximum Gasteiger partial charge on any atom is 0.0897 e. The van der Waals surface area contributed by atoms with E-state index in [1.54, 1.807) is 0 Å². The molecule has 4 unspecified atom stereocenters. The van der Waals surface area contributed by atoms with E-state index in [0.29, 0.717) is 19.2 Å². The fourth-order valence-electron chi connectivity index (χ4n) is 2.30. The van der Waals surface area contributed by atoms with E-state index in [2.05, 4.69) is 19.2 Å². The van der Waals surface area contributed by atoms with Crippen molar-refractivity contribution < 1.29 is 9.84 Å². The van der Waals surface area contributed by atoms with E-state index in [-0.39, 0.29) is 12.2 Å². The van der Waals surface area contributed by atoms with Gasteiger partial charge in [-0.15, -0.1) is 0 Å². The van der Waals surface area contributed by atoms with Crippen LogP contribution >= 0.6 is 0 Å². The molecule has 2 N–H and O–H groups in total. The number of nitrogens with one attached hydrogen (secondary N) is 1. The zero-order valence-electron chi connectivity index (χ0n) is 11.1. The monoisotopic (exact) mass is 229 g/mol. The summed E-state index contributed by atoms with van der Waals surface area (Å²) >= 11 is 0. The largest absolute Gasteiger partial charge is 0.389 e. The first-order valence-electron chi connectivity index (χ1n) is 6.53. The van der Waals surface area contributed by atoms with E-state index in [4.69, 9.17) is 4.74 Å². The van der Waals surface area contributed by atoms with Crippen LogP contribution in [0.1, 0.15) is 40.5 Å². The second-order valence-electron chi connectivity index (χ2n) is 5.46. The van der Waals surface area contributed by atoms with Gasteiger partial charge in [0.05, 0.1) is 18.8 Å². The van der Waals surface area contributed by atoms with E-state index >= 15 is 0 Å². The minimum atomic E-state index is -0.384. The van der Waals surface area contributed by atoms with Gasteiger partial charge in [0.25, 0.3) is 0 Å². The highest BCUT2D eigenvalue weighted by Crippen LogP contribution is 2.30. The predicted octanol–water partition coefficient (Wildman–Crippen LogP) is 1.80. The van der Waals surface area contributed by atoms with Crippen molar-refractivity contribution in [2.75, 3.05) is 13.2 Å². The van der Waals surface area contributed by atoms with Gasteiger partial charge < -0.3 is 15.2 Å². The lowest BCUT2D eigenvalue weighted by molar-refractivity contribution is 0.00501. The first kappa shape index (κ1) is 13.9. The summed E-state index contributed by atoms with van der Waals surface area (Å²) < 4.78 is 5.38. The molecule has 0 aromatic rings. The molecular weight excluding hydrogens is 202 g/mol. The molecule has 0 heterocycles. The molecule has 96 valence electrons. The molecule has 0 spiro atoms. The summed E-state index contributed by atoms with van der Waals surface area (Å²) in [7, 11) is 0. The number of hydrogen-bond donors (Lipinski definition) is 2. The SMILES string of the molecule is CC(C)OCC(O)CNC1CCC(C)C1C. The Morgan fingerprint density at radius 2 is 2.00 bits per heavy atom. The van der Waals surface area contributed by atoms with E-state index in [9.17, 15) is 5.11 Å². The van der Waals surface area contributed by atoms with Gasteiger partial charge in [-0.3, -0.25) is 0 Å². The third kappa shape index (κ3) is 4.40. The molecule has 0 aromatic carbocycles. The summed E-state index contributed by atoms with van der Waals surface area (Å²) in [5.41, 5.74) is 0. The van der Waals surface area contributed by atoms with Crippen molar-refractivity contribution in [1.82, 2.24) is 5.32 Å². The Bertz CT molecular complexity index is 196. The molecule has 0 aromatic heterocycles. The molecule has 3 heteroatoms. The Labute approximate surface area is 99.6 Å². The molecule has 0 radical (unpaired) electrons. The van der Waals surface area contributed by atoms with Crippen LogP contribution in [0.5, 0.6) is 0 Å². The third-order valence-electron chi connectivity index (χ3n) is 3.70. The number of ether oxygens (including phenoxy) is 1. The van der Waals surface area contributed by atoms with Crippen LogP contribution in [0.25, 0.3) is 0 Å². The number of aliphatic hydroxyl groups is 1. The van der Waals surface area contributed by atoms with Gasteiger partial charge in [-0.2, -0.15) is 0 Å². The average molecular weight is 229 g/mol. The Morgan fingerprint density at radius 1 is 1.31 bits per heavy atom. The first-order chi connectivity index (χ1) is 7.50. The molecule has 1 aliphatic rings. The molecule has 1 fully saturated rings. The van der Waals surface area contributed by atoms with Gasteiger partial charge in [0, 0.05) is 12.6 Å². The summed E-state index contributed by atoms with van der Waals surface area (Å²) in [4.78, 5) is 0. The van der Waals surface area contributed by atoms with Crippen molar-refractivity contribution in [2.24, 2.45) is 11.8 Å². The van der Waals surface area contributed by atoms with E-state index < -0.39 is 0 Å². The molecule has 1 saturated carbocycles. The Balaban J connectivity index is 2.14. The highest BCUT2D eigenvalue weighted by atomic mass is 16.5. The van der Waals surface area contributed by atoms with Crippen molar-refractivity contribution in [3.8, 4) is 0 Å². The Hall–Kier alpha value is -0.120. The van der Waals surface area contributed by atoms with Gasteiger partial charge >= 0.3 is 0 Å². The lowest BCUT2D eigenvalue weighted by atomic mass is 9.98. The van der Waals surface area contributed by atoms with Gasteiger partial charge in [0.15, 0.2) is 0 Å². The average Bonchev–Trinajstić information content (AvgIpc) is 2.54. The summed E-state index contributed by atoms with van der Waals surface area (Å²) in [6.45, 7) is 9.66. The van der Waals surface area contributed by atoms with Crippen LogP contribution in [0.4, 0.5) is 0 Å². The molecule has 0 saturated heterocycles. The third-order valence-corrected chi connectivity index (χ3v) is 3.70. The van der Waals surface area contributed by atoms with Gasteiger partial charge in [-0.25, -0.2) is 0 Å². The van der Waals surface area contributed by atoms with Gasteiger partial charge in [-0.1, -0.05) is 13.8 Å². The van der Waals surface area contributed by atoms with E-state index in [0.717, 1.165) is 11.8 Å². The van der Waals surface area contributed by atoms with Gasteiger partial charge in [0.2, 0.25) is 0 Å². The minimum Gasteiger partial charge on any atom is -0.389 e. The first-order valence-corrected chi connectivity index (χ1v) is 6.53. The lowest BCUT2D eigenvalue weighted by Gasteiger charge is -2.22. The van der Waals surface area contributed by atoms with Gasteiger partial charge in [-0.05, 0) is 38.5 Å². The van der Waals surface area contributed by atoms with E-state index in [1.165, 1.54) is 12.8 Å². The van der Waals surface area contributed by atoms with Crippen LogP contribution in [-0.2, 0) is 4.74 Å². The lowest BCUT2D eigenvalue weighted by Crippen LogP contribution is -2.39. The Kier molecular flexibility index (Phi) is 5.73. The predicted molar refractivity (Wildman–Crippen MR) is 66.4 cm³/mol. The number of hydrogen-bond acceptors (Lipinski definition) is 3. The van der Waals surface area contributed by atoms with Crippen molar-refractivity contribution >= 4 is 0 Å². The highest BCUT2D eigenvalue weighted by molar-refractivity contribution is 4.85. The van der Waals surface area contributed by atoms with Crippen molar-refractivity contribution in [1.29, 1.82) is 0 Å². The Morgan fingerprint density at radius 3 is 2.50 bits per heavy atom. The second-order valence-corrected chi connectivity index (χ2v) is 5.46. The van der Waals surface area contributed by atoms with Crippen LogP contribution in [0.15, 0.2) is 0 Å². The zero-order valence-corrected chi connectivity index (χ0v) is 11.1. The van der Waals surface area contributed by atoms with Gasteiger partial charge in [0.1, 0.15) is 0 Å². The van der Waals surface area contributed by atoms with Crippen LogP contribution in [-0.4, -0.2) is 36.5 Å².